The van der Waals surface area contributed by atoms with Gasteiger partial charge in [0.25, 0.3) is 5.92 Å². The number of carbonyl (C=O) groups excluding carboxylic acids is 2. The third-order valence-corrected chi connectivity index (χ3v) is 4.13. The minimum absolute atomic E-state index is 0.206. The molecule has 12 heteroatoms. The normalized spacial score (nSPS) is 14.9. The Morgan fingerprint density at radius 3 is 1.79 bits per heavy atom. The Morgan fingerprint density at radius 2 is 1.41 bits per heavy atom. The van der Waals surface area contributed by atoms with Gasteiger partial charge in [0.2, 0.25) is 0 Å². The van der Waals surface area contributed by atoms with Gasteiger partial charge in [-0.1, -0.05) is 20.8 Å². The Hall–Kier alpha value is -1.62. The van der Waals surface area contributed by atoms with Crippen LogP contribution in [0.2, 0.25) is 0 Å². The van der Waals surface area contributed by atoms with Gasteiger partial charge in [0.05, 0.1) is 11.8 Å². The highest BCUT2D eigenvalue weighted by Gasteiger charge is 2.55. The molecule has 0 aromatic heterocycles. The summed E-state index contributed by atoms with van der Waals surface area (Å²) in [5, 5.41) is 0. The van der Waals surface area contributed by atoms with Crippen molar-refractivity contribution in [2.75, 3.05) is 6.61 Å². The molecule has 0 N–H and O–H groups in total. The molecule has 0 saturated heterocycles. The van der Waals surface area contributed by atoms with Crippen molar-refractivity contribution in [1.82, 2.24) is 0 Å². The quantitative estimate of drug-likeness (QED) is 0.329. The van der Waals surface area contributed by atoms with Crippen LogP contribution in [0.5, 0.6) is 0 Å². The average molecular weight is 444 g/mol. The molecule has 0 aromatic carbocycles. The van der Waals surface area contributed by atoms with Gasteiger partial charge in [-0.2, -0.15) is 8.78 Å². The second-order valence-electron chi connectivity index (χ2n) is 7.60. The van der Waals surface area contributed by atoms with Crippen LogP contribution in [0.1, 0.15) is 47.5 Å². The van der Waals surface area contributed by atoms with Crippen LogP contribution < -0.4 is 0 Å². The number of carbonyl (C=O) groups is 2. The molecule has 1 unspecified atom stereocenters. The number of hydrogen-bond acceptors (Lipinski definition) is 4. The zero-order valence-corrected chi connectivity index (χ0v) is 16.5. The standard InChI is InChI=1S/C17H24F8O4/c1-6-14(4,5)12(26)29-10(9(2)3)17(24,25)13(27)28-8-15(20,21)7-16(22,23)11(18)19/h9-11H,6-8H2,1-5H3. The first-order valence-corrected chi connectivity index (χ1v) is 8.60. The van der Waals surface area contributed by atoms with Crippen molar-refractivity contribution in [1.29, 1.82) is 0 Å². The topological polar surface area (TPSA) is 52.6 Å². The molecule has 0 aliphatic rings. The Bertz CT molecular complexity index is 576. The first-order chi connectivity index (χ1) is 12.8. The van der Waals surface area contributed by atoms with E-state index < -0.39 is 66.6 Å². The summed E-state index contributed by atoms with van der Waals surface area (Å²) in [6.07, 6.45) is -9.30. The molecule has 1 atom stereocenters. The maximum absolute atomic E-state index is 14.4. The SMILES string of the molecule is CCC(C)(C)C(=O)OC(C(C)C)C(F)(F)C(=O)OCC(F)(F)CC(F)(F)C(F)F. The van der Waals surface area contributed by atoms with Crippen LogP contribution in [0, 0.1) is 11.3 Å². The summed E-state index contributed by atoms with van der Waals surface area (Å²) in [6, 6.07) is 0. The second kappa shape index (κ2) is 9.46. The first-order valence-electron chi connectivity index (χ1n) is 8.60. The van der Waals surface area contributed by atoms with Gasteiger partial charge in [-0.05, 0) is 26.2 Å². The van der Waals surface area contributed by atoms with Gasteiger partial charge in [0.15, 0.2) is 12.7 Å². The van der Waals surface area contributed by atoms with Gasteiger partial charge >= 0.3 is 30.2 Å². The summed E-state index contributed by atoms with van der Waals surface area (Å²) in [5.74, 6) is -19.2. The molecule has 0 rings (SSSR count). The third kappa shape index (κ3) is 7.61. The lowest BCUT2D eigenvalue weighted by Gasteiger charge is -2.31. The van der Waals surface area contributed by atoms with Crippen molar-refractivity contribution >= 4 is 11.9 Å². The molecule has 4 nitrogen and oxygen atoms in total. The van der Waals surface area contributed by atoms with E-state index in [9.17, 15) is 44.7 Å². The lowest BCUT2D eigenvalue weighted by atomic mass is 9.90. The van der Waals surface area contributed by atoms with Crippen LogP contribution in [-0.2, 0) is 19.1 Å². The molecule has 0 aromatic rings. The van der Waals surface area contributed by atoms with Crippen LogP contribution >= 0.6 is 0 Å². The van der Waals surface area contributed by atoms with E-state index in [1.54, 1.807) is 6.92 Å². The van der Waals surface area contributed by atoms with Gasteiger partial charge < -0.3 is 9.47 Å². The Morgan fingerprint density at radius 1 is 0.931 bits per heavy atom. The highest BCUT2D eigenvalue weighted by molar-refractivity contribution is 5.80. The van der Waals surface area contributed by atoms with Crippen molar-refractivity contribution in [3.05, 3.63) is 0 Å². The number of ether oxygens (including phenoxy) is 2. The van der Waals surface area contributed by atoms with E-state index in [2.05, 4.69) is 4.74 Å². The summed E-state index contributed by atoms with van der Waals surface area (Å²) >= 11 is 0. The van der Waals surface area contributed by atoms with Crippen LogP contribution in [-0.4, -0.2) is 48.8 Å². The molecule has 0 heterocycles. The largest absolute Gasteiger partial charge is 0.455 e. The number of alkyl halides is 8. The zero-order chi connectivity index (χ0) is 23.4. The van der Waals surface area contributed by atoms with Gasteiger partial charge in [-0.25, -0.2) is 31.1 Å². The smallest absolute Gasteiger partial charge is 0.381 e. The van der Waals surface area contributed by atoms with Gasteiger partial charge in [0.1, 0.15) is 0 Å². The number of hydrogen-bond donors (Lipinski definition) is 0. The molecule has 0 spiro atoms. The molecule has 0 radical (unpaired) electrons. The first kappa shape index (κ1) is 27.4. The fraction of sp³-hybridized carbons (Fsp3) is 0.882. The van der Waals surface area contributed by atoms with E-state index in [0.717, 1.165) is 13.8 Å². The van der Waals surface area contributed by atoms with E-state index in [1.807, 2.05) is 0 Å². The molecule has 0 aliphatic heterocycles. The van der Waals surface area contributed by atoms with Gasteiger partial charge in [0, 0.05) is 0 Å². The fourth-order valence-corrected chi connectivity index (χ4v) is 1.90. The number of rotatable bonds is 11. The molecule has 29 heavy (non-hydrogen) atoms. The highest BCUT2D eigenvalue weighted by atomic mass is 19.3. The molecule has 0 aliphatic carbocycles. The second-order valence-corrected chi connectivity index (χ2v) is 7.60. The van der Waals surface area contributed by atoms with Gasteiger partial charge in [-0.15, -0.1) is 0 Å². The molecule has 172 valence electrons. The molecule has 0 fully saturated rings. The lowest BCUT2D eigenvalue weighted by molar-refractivity contribution is -0.220. The summed E-state index contributed by atoms with van der Waals surface area (Å²) in [6.45, 7) is 4.42. The van der Waals surface area contributed by atoms with Crippen LogP contribution in [0.25, 0.3) is 0 Å². The van der Waals surface area contributed by atoms with Crippen LogP contribution in [0.3, 0.4) is 0 Å². The third-order valence-electron chi connectivity index (χ3n) is 4.13. The average Bonchev–Trinajstić information content (AvgIpc) is 2.55. The van der Waals surface area contributed by atoms with E-state index in [-0.39, 0.29) is 6.42 Å². The molecule has 0 amide bonds. The summed E-state index contributed by atoms with van der Waals surface area (Å²) in [4.78, 5) is 23.7. The summed E-state index contributed by atoms with van der Waals surface area (Å²) in [7, 11) is 0. The van der Waals surface area contributed by atoms with Crippen molar-refractivity contribution in [2.24, 2.45) is 11.3 Å². The van der Waals surface area contributed by atoms with E-state index in [1.165, 1.54) is 13.8 Å². The van der Waals surface area contributed by atoms with E-state index in [4.69, 9.17) is 4.74 Å². The van der Waals surface area contributed by atoms with Crippen LogP contribution in [0.15, 0.2) is 0 Å². The maximum atomic E-state index is 14.4. The minimum Gasteiger partial charge on any atom is -0.455 e. The molecule has 0 saturated carbocycles. The van der Waals surface area contributed by atoms with E-state index >= 15 is 0 Å². The maximum Gasteiger partial charge on any atom is 0.381 e. The molecular formula is C17H24F8O4. The highest BCUT2D eigenvalue weighted by Crippen LogP contribution is 2.36. The Balaban J connectivity index is 5.29. The summed E-state index contributed by atoms with van der Waals surface area (Å²) in [5.41, 5.74) is -1.18. The minimum atomic E-state index is -5.11. The predicted molar refractivity (Wildman–Crippen MR) is 85.2 cm³/mol. The number of esters is 2. The lowest BCUT2D eigenvalue weighted by Crippen LogP contribution is -2.50. The van der Waals surface area contributed by atoms with Crippen molar-refractivity contribution in [3.63, 3.8) is 0 Å². The zero-order valence-electron chi connectivity index (χ0n) is 16.5. The fourth-order valence-electron chi connectivity index (χ4n) is 1.90. The van der Waals surface area contributed by atoms with E-state index in [0.29, 0.717) is 0 Å². The Kier molecular flexibility index (Phi) is 8.93. The predicted octanol–water partition coefficient (Wildman–Crippen LogP) is 5.09. The number of halogens is 8. The van der Waals surface area contributed by atoms with Crippen molar-refractivity contribution in [3.8, 4) is 0 Å². The van der Waals surface area contributed by atoms with Crippen molar-refractivity contribution in [2.45, 2.75) is 77.8 Å². The van der Waals surface area contributed by atoms with Gasteiger partial charge in [-0.3, -0.25) is 4.79 Å². The molecular weight excluding hydrogens is 420 g/mol. The van der Waals surface area contributed by atoms with Crippen LogP contribution in [0.4, 0.5) is 35.1 Å². The monoisotopic (exact) mass is 444 g/mol. The Labute approximate surface area is 162 Å². The molecule has 0 bridgehead atoms. The van der Waals surface area contributed by atoms with Crippen molar-refractivity contribution < 1.29 is 54.2 Å². The summed E-state index contributed by atoms with van der Waals surface area (Å²) < 4.78 is 113.